The molecule has 1 aliphatic carbocycles. The average Bonchev–Trinajstić information content (AvgIpc) is 3.33. The molecular weight excluding hydrogens is 415 g/mol. The maximum atomic E-state index is 14.3. The number of nitrogens with zero attached hydrogens (tertiary/aromatic N) is 2. The van der Waals surface area contributed by atoms with Crippen LogP contribution in [-0.4, -0.2) is 31.6 Å². The molecule has 0 bridgehead atoms. The zero-order chi connectivity index (χ0) is 22.0. The van der Waals surface area contributed by atoms with E-state index in [-0.39, 0.29) is 23.3 Å². The molecule has 1 aliphatic rings. The van der Waals surface area contributed by atoms with Crippen LogP contribution in [0.15, 0.2) is 60.0 Å². The van der Waals surface area contributed by atoms with Crippen molar-refractivity contribution in [1.29, 1.82) is 0 Å². The molecule has 2 unspecified atom stereocenters. The minimum atomic E-state index is -3.68. The number of aromatic nitrogens is 2. The van der Waals surface area contributed by atoms with Crippen molar-refractivity contribution in [2.45, 2.75) is 30.3 Å². The van der Waals surface area contributed by atoms with Crippen LogP contribution in [0.5, 0.6) is 0 Å². The Bertz CT molecular complexity index is 1180. The van der Waals surface area contributed by atoms with Crippen molar-refractivity contribution >= 4 is 10.0 Å². The molecule has 8 heteroatoms. The van der Waals surface area contributed by atoms with Gasteiger partial charge in [0, 0.05) is 19.8 Å². The number of halogens is 1. The third kappa shape index (κ3) is 4.71. The first-order valence-corrected chi connectivity index (χ1v) is 11.8. The second kappa shape index (κ2) is 8.90. The Kier molecular flexibility index (Phi) is 6.22. The monoisotopic (exact) mass is 442 g/mol. The Labute approximate surface area is 182 Å². The topological polar surface area (TPSA) is 76.0 Å². The van der Waals surface area contributed by atoms with Gasteiger partial charge in [-0.15, -0.1) is 0 Å². The Balaban J connectivity index is 1.56. The molecular formula is C23H27FN4O2S. The number of aryl methyl sites for hydroxylation is 1. The lowest BCUT2D eigenvalue weighted by Gasteiger charge is -2.21. The summed E-state index contributed by atoms with van der Waals surface area (Å²) < 4.78 is 43.5. The molecule has 2 atom stereocenters. The zero-order valence-corrected chi connectivity index (χ0v) is 18.5. The summed E-state index contributed by atoms with van der Waals surface area (Å²) in [6.45, 7) is 1.02. The molecule has 164 valence electrons. The number of fused-ring (bicyclic) bond motifs is 1. The van der Waals surface area contributed by atoms with Crippen molar-refractivity contribution in [3.63, 3.8) is 0 Å². The van der Waals surface area contributed by atoms with Gasteiger partial charge in [-0.1, -0.05) is 36.4 Å². The molecule has 0 radical (unpaired) electrons. The van der Waals surface area contributed by atoms with E-state index in [1.807, 2.05) is 25.2 Å². The van der Waals surface area contributed by atoms with Crippen molar-refractivity contribution in [2.24, 2.45) is 13.0 Å². The van der Waals surface area contributed by atoms with Gasteiger partial charge in [-0.3, -0.25) is 0 Å². The van der Waals surface area contributed by atoms with Gasteiger partial charge in [-0.2, -0.15) is 0 Å². The maximum absolute atomic E-state index is 14.3. The summed E-state index contributed by atoms with van der Waals surface area (Å²) in [6.07, 6.45) is 4.47. The highest BCUT2D eigenvalue weighted by atomic mass is 32.2. The standard InChI is InChI=1S/C23H27FN4O2S/c1-25-13-19-10-17-8-7-16(12-27-31(29,30)23-14-28(2)15-26-23)9-20(17)21(19)11-18-5-3-4-6-22(18)24/h3-9,14-15,19,21,25,27H,10-13H2,1-2H3. The van der Waals surface area contributed by atoms with Crippen molar-refractivity contribution in [3.05, 3.63) is 83.1 Å². The van der Waals surface area contributed by atoms with E-state index in [2.05, 4.69) is 27.2 Å². The van der Waals surface area contributed by atoms with Gasteiger partial charge >= 0.3 is 0 Å². The predicted molar refractivity (Wildman–Crippen MR) is 118 cm³/mol. The highest BCUT2D eigenvalue weighted by molar-refractivity contribution is 7.89. The molecule has 2 aromatic carbocycles. The molecule has 1 heterocycles. The molecule has 3 aromatic rings. The summed E-state index contributed by atoms with van der Waals surface area (Å²) in [5, 5.41) is 3.26. The molecule has 0 saturated carbocycles. The van der Waals surface area contributed by atoms with Crippen LogP contribution in [0.3, 0.4) is 0 Å². The number of benzene rings is 2. The molecule has 0 aliphatic heterocycles. The highest BCUT2D eigenvalue weighted by Crippen LogP contribution is 2.40. The quantitative estimate of drug-likeness (QED) is 0.563. The molecule has 1 aromatic heterocycles. The van der Waals surface area contributed by atoms with E-state index >= 15 is 0 Å². The van der Waals surface area contributed by atoms with E-state index in [1.165, 1.54) is 29.7 Å². The molecule has 4 rings (SSSR count). The van der Waals surface area contributed by atoms with Gasteiger partial charge in [0.15, 0.2) is 5.03 Å². The summed E-state index contributed by atoms with van der Waals surface area (Å²) in [6, 6.07) is 13.0. The van der Waals surface area contributed by atoms with E-state index in [1.54, 1.807) is 17.7 Å². The van der Waals surface area contributed by atoms with Crippen LogP contribution in [0.4, 0.5) is 4.39 Å². The minimum Gasteiger partial charge on any atom is -0.339 e. The summed E-state index contributed by atoms with van der Waals surface area (Å²) in [5.74, 6) is 0.352. The fourth-order valence-electron chi connectivity index (χ4n) is 4.40. The van der Waals surface area contributed by atoms with Crippen molar-refractivity contribution in [3.8, 4) is 0 Å². The van der Waals surface area contributed by atoms with Crippen LogP contribution >= 0.6 is 0 Å². The highest BCUT2D eigenvalue weighted by Gasteiger charge is 2.32. The third-order valence-electron chi connectivity index (χ3n) is 5.95. The van der Waals surface area contributed by atoms with Crippen LogP contribution in [0, 0.1) is 11.7 Å². The lowest BCUT2D eigenvalue weighted by molar-refractivity contribution is 0.430. The summed E-state index contributed by atoms with van der Waals surface area (Å²) in [7, 11) is -0.0228. The number of imidazole rings is 1. The predicted octanol–water partition coefficient (Wildman–Crippen LogP) is 2.76. The molecule has 0 spiro atoms. The van der Waals surface area contributed by atoms with Crippen LogP contribution in [0.25, 0.3) is 0 Å². The number of sulfonamides is 1. The SMILES string of the molecule is CNCC1Cc2ccc(CNS(=O)(=O)c3cn(C)cn3)cc2C1Cc1ccccc1F. The lowest BCUT2D eigenvalue weighted by Crippen LogP contribution is -2.24. The Morgan fingerprint density at radius 1 is 1.23 bits per heavy atom. The van der Waals surface area contributed by atoms with E-state index < -0.39 is 10.0 Å². The third-order valence-corrected chi connectivity index (χ3v) is 7.23. The van der Waals surface area contributed by atoms with E-state index in [0.717, 1.165) is 18.5 Å². The lowest BCUT2D eigenvalue weighted by atomic mass is 9.86. The molecule has 31 heavy (non-hydrogen) atoms. The molecule has 2 N–H and O–H groups in total. The number of nitrogens with one attached hydrogen (secondary N) is 2. The fraction of sp³-hybridized carbons (Fsp3) is 0.348. The zero-order valence-electron chi connectivity index (χ0n) is 17.7. The van der Waals surface area contributed by atoms with Crippen molar-refractivity contribution in [1.82, 2.24) is 19.6 Å². The molecule has 6 nitrogen and oxygen atoms in total. The van der Waals surface area contributed by atoms with Gasteiger partial charge in [-0.25, -0.2) is 22.5 Å². The Morgan fingerprint density at radius 2 is 2.03 bits per heavy atom. The van der Waals surface area contributed by atoms with Crippen LogP contribution < -0.4 is 10.0 Å². The van der Waals surface area contributed by atoms with Gasteiger partial charge < -0.3 is 9.88 Å². The fourth-order valence-corrected chi connectivity index (χ4v) is 5.39. The minimum absolute atomic E-state index is 0.00248. The van der Waals surface area contributed by atoms with E-state index in [0.29, 0.717) is 17.9 Å². The molecule has 0 fully saturated rings. The van der Waals surface area contributed by atoms with Gasteiger partial charge in [-0.05, 0) is 66.6 Å². The van der Waals surface area contributed by atoms with Crippen LogP contribution in [0.1, 0.15) is 28.2 Å². The van der Waals surface area contributed by atoms with Crippen molar-refractivity contribution in [2.75, 3.05) is 13.6 Å². The summed E-state index contributed by atoms with van der Waals surface area (Å²) >= 11 is 0. The number of hydrogen-bond acceptors (Lipinski definition) is 4. The number of rotatable bonds is 8. The number of hydrogen-bond donors (Lipinski definition) is 2. The van der Waals surface area contributed by atoms with E-state index in [4.69, 9.17) is 0 Å². The van der Waals surface area contributed by atoms with Crippen LogP contribution in [-0.2, 0) is 36.5 Å². The average molecular weight is 443 g/mol. The first-order chi connectivity index (χ1) is 14.9. The maximum Gasteiger partial charge on any atom is 0.259 e. The first-order valence-electron chi connectivity index (χ1n) is 10.3. The van der Waals surface area contributed by atoms with Crippen LogP contribution in [0.2, 0.25) is 0 Å². The summed E-state index contributed by atoms with van der Waals surface area (Å²) in [4.78, 5) is 3.93. The molecule has 0 amide bonds. The van der Waals surface area contributed by atoms with Gasteiger partial charge in [0.25, 0.3) is 10.0 Å². The largest absolute Gasteiger partial charge is 0.339 e. The smallest absolute Gasteiger partial charge is 0.259 e. The molecule has 0 saturated heterocycles. The first kappa shape index (κ1) is 21.7. The van der Waals surface area contributed by atoms with Gasteiger partial charge in [0.2, 0.25) is 0 Å². The Hall–Kier alpha value is -2.55. The summed E-state index contributed by atoms with van der Waals surface area (Å²) in [5.41, 5.74) is 4.01. The van der Waals surface area contributed by atoms with E-state index in [9.17, 15) is 12.8 Å². The van der Waals surface area contributed by atoms with Gasteiger partial charge in [0.05, 0.1) is 6.33 Å². The Morgan fingerprint density at radius 3 is 2.74 bits per heavy atom. The normalized spacial score (nSPS) is 18.3. The second-order valence-electron chi connectivity index (χ2n) is 8.16. The second-order valence-corrected chi connectivity index (χ2v) is 9.87. The van der Waals surface area contributed by atoms with Gasteiger partial charge in [0.1, 0.15) is 5.82 Å². The van der Waals surface area contributed by atoms with Crippen molar-refractivity contribution < 1.29 is 12.8 Å².